The Labute approximate surface area is 275 Å². The van der Waals surface area contributed by atoms with Gasteiger partial charge in [-0.15, -0.1) is 0 Å². The van der Waals surface area contributed by atoms with Crippen molar-refractivity contribution in [1.82, 2.24) is 10.2 Å². The maximum Gasteiger partial charge on any atom is 0.327 e. The SMILES string of the molecule is CCC[C@@H](NC(=O)N1C(=O)C(CC)(CC)[C@@H]1Oc1ccc(CP(=O)(CCC)OC(OC(=O)CC)C(C)C)cc1)c1ccc(C)cc1. The summed E-state index contributed by atoms with van der Waals surface area (Å²) in [5, 5.41) is 3.08. The van der Waals surface area contributed by atoms with E-state index in [1.807, 2.05) is 77.9 Å². The van der Waals surface area contributed by atoms with Crippen LogP contribution in [-0.2, 0) is 29.6 Å². The van der Waals surface area contributed by atoms with Gasteiger partial charge >= 0.3 is 12.0 Å². The van der Waals surface area contributed by atoms with Gasteiger partial charge in [-0.1, -0.05) is 96.8 Å². The third-order valence-corrected chi connectivity index (χ3v) is 11.3. The zero-order valence-corrected chi connectivity index (χ0v) is 29.7. The van der Waals surface area contributed by atoms with E-state index in [-0.39, 0.29) is 30.4 Å². The molecule has 2 aromatic carbocycles. The van der Waals surface area contributed by atoms with E-state index in [1.165, 1.54) is 4.90 Å². The van der Waals surface area contributed by atoms with Crippen molar-refractivity contribution in [3.05, 3.63) is 65.2 Å². The first-order valence-electron chi connectivity index (χ1n) is 16.8. The standard InChI is InChI=1S/C36H53N2O7P/c1-9-14-30(28-19-15-26(8)16-20-28)37-35(41)38-33(40)36(12-4,13-5)34(38)43-29-21-17-27(18-22-29)24-46(42,23-10-2)45-32(25(6)7)44-31(39)11-3/h15-22,25,30,32,34H,9-14,23-24H2,1-8H3,(H,37,41)/t30-,32?,34+,46?/m1/s1. The number of esters is 1. The zero-order chi connectivity index (χ0) is 34.1. The Balaban J connectivity index is 1.79. The minimum atomic E-state index is -3.19. The molecule has 0 bridgehead atoms. The summed E-state index contributed by atoms with van der Waals surface area (Å²) in [4.78, 5) is 40.3. The number of amides is 3. The van der Waals surface area contributed by atoms with Crippen LogP contribution in [0.4, 0.5) is 4.79 Å². The summed E-state index contributed by atoms with van der Waals surface area (Å²) in [5.41, 5.74) is 2.10. The van der Waals surface area contributed by atoms with Gasteiger partial charge in [0.05, 0.1) is 6.04 Å². The number of carbonyl (C=O) groups excluding carboxylic acids is 3. The van der Waals surface area contributed by atoms with Crippen LogP contribution in [0.3, 0.4) is 0 Å². The second-order valence-electron chi connectivity index (χ2n) is 12.6. The smallest absolute Gasteiger partial charge is 0.327 e. The zero-order valence-electron chi connectivity index (χ0n) is 28.8. The van der Waals surface area contributed by atoms with E-state index in [0.717, 1.165) is 29.5 Å². The number of ether oxygens (including phenoxy) is 2. The van der Waals surface area contributed by atoms with Gasteiger partial charge in [-0.3, -0.25) is 18.7 Å². The fourth-order valence-corrected chi connectivity index (χ4v) is 8.25. The fraction of sp³-hybridized carbons (Fsp3) is 0.583. The Morgan fingerprint density at radius 2 is 1.59 bits per heavy atom. The molecule has 3 rings (SSSR count). The van der Waals surface area contributed by atoms with Crippen LogP contribution in [0.2, 0.25) is 0 Å². The Bertz CT molecular complexity index is 1360. The summed E-state index contributed by atoms with van der Waals surface area (Å²) < 4.78 is 31.8. The number of likely N-dealkylation sites (tertiary alicyclic amines) is 1. The molecule has 1 aliphatic rings. The number of β-lactam (4-membered cyclic amide) rings is 1. The van der Waals surface area contributed by atoms with E-state index in [2.05, 4.69) is 12.2 Å². The van der Waals surface area contributed by atoms with Crippen LogP contribution in [0.1, 0.15) is 110 Å². The highest BCUT2D eigenvalue weighted by atomic mass is 31.2. The highest BCUT2D eigenvalue weighted by Gasteiger charge is 2.63. The van der Waals surface area contributed by atoms with Gasteiger partial charge in [-0.25, -0.2) is 9.69 Å². The number of imide groups is 1. The number of aryl methyl sites for hydroxylation is 1. The second-order valence-corrected chi connectivity index (χ2v) is 15.2. The molecular formula is C36H53N2O7P. The molecular weight excluding hydrogens is 603 g/mol. The third-order valence-electron chi connectivity index (χ3n) is 8.72. The predicted molar refractivity (Wildman–Crippen MR) is 181 cm³/mol. The molecule has 4 atom stereocenters. The summed E-state index contributed by atoms with van der Waals surface area (Å²) in [6.45, 7) is 15.3. The van der Waals surface area contributed by atoms with Gasteiger partial charge in [0.25, 0.3) is 0 Å². The molecule has 0 saturated carbocycles. The maximum absolute atomic E-state index is 13.9. The molecule has 0 aromatic heterocycles. The summed E-state index contributed by atoms with van der Waals surface area (Å²) in [6.07, 6.45) is 2.39. The molecule has 3 amide bonds. The van der Waals surface area contributed by atoms with E-state index in [0.29, 0.717) is 31.2 Å². The number of hydrogen-bond acceptors (Lipinski definition) is 7. The number of urea groups is 1. The summed E-state index contributed by atoms with van der Waals surface area (Å²) >= 11 is 0. The summed E-state index contributed by atoms with van der Waals surface area (Å²) in [7, 11) is -3.19. The maximum atomic E-state index is 13.9. The van der Waals surface area contributed by atoms with Gasteiger partial charge in [0.2, 0.25) is 19.6 Å². The van der Waals surface area contributed by atoms with Crippen LogP contribution < -0.4 is 10.1 Å². The fourth-order valence-electron chi connectivity index (χ4n) is 5.80. The van der Waals surface area contributed by atoms with E-state index in [4.69, 9.17) is 14.0 Å². The van der Waals surface area contributed by atoms with E-state index in [1.54, 1.807) is 19.1 Å². The lowest BCUT2D eigenvalue weighted by Crippen LogP contribution is -2.73. The first-order valence-corrected chi connectivity index (χ1v) is 18.8. The lowest BCUT2D eigenvalue weighted by Gasteiger charge is -2.53. The van der Waals surface area contributed by atoms with Gasteiger partial charge in [0, 0.05) is 24.7 Å². The number of nitrogens with one attached hydrogen (secondary N) is 1. The average Bonchev–Trinajstić information content (AvgIpc) is 3.02. The molecule has 10 heteroatoms. The summed E-state index contributed by atoms with van der Waals surface area (Å²) in [5.74, 6) is -0.297. The first kappa shape index (κ1) is 37.3. The molecule has 2 aromatic rings. The van der Waals surface area contributed by atoms with Crippen LogP contribution in [-0.4, -0.2) is 41.5 Å². The number of benzene rings is 2. The minimum absolute atomic E-state index is 0.159. The molecule has 2 unspecified atom stereocenters. The second kappa shape index (κ2) is 16.6. The monoisotopic (exact) mass is 656 g/mol. The summed E-state index contributed by atoms with van der Waals surface area (Å²) in [6, 6.07) is 14.5. The quantitative estimate of drug-likeness (QED) is 0.0784. The molecule has 254 valence electrons. The molecule has 1 heterocycles. The largest absolute Gasteiger partial charge is 0.469 e. The van der Waals surface area contributed by atoms with Crippen LogP contribution in [0.5, 0.6) is 5.75 Å². The lowest BCUT2D eigenvalue weighted by molar-refractivity contribution is -0.191. The highest BCUT2D eigenvalue weighted by molar-refractivity contribution is 7.58. The lowest BCUT2D eigenvalue weighted by atomic mass is 9.72. The van der Waals surface area contributed by atoms with Crippen molar-refractivity contribution in [2.75, 3.05) is 6.16 Å². The molecule has 0 aliphatic carbocycles. The van der Waals surface area contributed by atoms with Gasteiger partial charge < -0.3 is 14.8 Å². The van der Waals surface area contributed by atoms with Crippen LogP contribution in [0, 0.1) is 18.3 Å². The van der Waals surface area contributed by atoms with Gasteiger partial charge in [0.1, 0.15) is 11.2 Å². The molecule has 9 nitrogen and oxygen atoms in total. The van der Waals surface area contributed by atoms with Gasteiger partial charge in [0.15, 0.2) is 6.23 Å². The molecule has 0 radical (unpaired) electrons. The van der Waals surface area contributed by atoms with Gasteiger partial charge in [-0.2, -0.15) is 0 Å². The normalized spacial score (nSPS) is 18.3. The Kier molecular flexibility index (Phi) is 13.5. The van der Waals surface area contributed by atoms with Gasteiger partial charge in [-0.05, 0) is 55.9 Å². The number of rotatable bonds is 17. The van der Waals surface area contributed by atoms with Crippen molar-refractivity contribution in [3.8, 4) is 5.75 Å². The van der Waals surface area contributed by atoms with Crippen molar-refractivity contribution in [2.24, 2.45) is 11.3 Å². The molecule has 1 saturated heterocycles. The van der Waals surface area contributed by atoms with Crippen LogP contribution in [0.25, 0.3) is 0 Å². The van der Waals surface area contributed by atoms with E-state index in [9.17, 15) is 18.9 Å². The van der Waals surface area contributed by atoms with Crippen LogP contribution >= 0.6 is 7.37 Å². The highest BCUT2D eigenvalue weighted by Crippen LogP contribution is 2.53. The number of hydrogen-bond donors (Lipinski definition) is 1. The molecule has 0 spiro atoms. The van der Waals surface area contributed by atoms with E-state index >= 15 is 0 Å². The molecule has 1 N–H and O–H groups in total. The molecule has 1 fully saturated rings. The van der Waals surface area contributed by atoms with Crippen molar-refractivity contribution in [3.63, 3.8) is 0 Å². The third kappa shape index (κ3) is 8.80. The van der Waals surface area contributed by atoms with E-state index < -0.39 is 37.3 Å². The van der Waals surface area contributed by atoms with Crippen molar-refractivity contribution in [2.45, 2.75) is 119 Å². The molecule has 46 heavy (non-hydrogen) atoms. The first-order chi connectivity index (χ1) is 21.9. The van der Waals surface area contributed by atoms with Crippen molar-refractivity contribution >= 4 is 25.3 Å². The van der Waals surface area contributed by atoms with Crippen molar-refractivity contribution in [1.29, 1.82) is 0 Å². The minimum Gasteiger partial charge on any atom is -0.469 e. The molecule has 1 aliphatic heterocycles. The van der Waals surface area contributed by atoms with Crippen LogP contribution in [0.15, 0.2) is 48.5 Å². The Morgan fingerprint density at radius 1 is 0.957 bits per heavy atom. The Hall–Kier alpha value is -3.16. The topological polar surface area (TPSA) is 111 Å². The number of carbonyl (C=O) groups is 3. The Morgan fingerprint density at radius 3 is 2.11 bits per heavy atom. The number of nitrogens with zero attached hydrogens (tertiary/aromatic N) is 1. The van der Waals surface area contributed by atoms with Crippen molar-refractivity contribution < 1.29 is 32.9 Å². The predicted octanol–water partition coefficient (Wildman–Crippen LogP) is 8.74. The average molecular weight is 657 g/mol.